The van der Waals surface area contributed by atoms with Crippen molar-refractivity contribution < 1.29 is 9.59 Å². The normalized spacial score (nSPS) is 21.2. The minimum absolute atomic E-state index is 0.0864. The number of carbonyl (C=O) groups is 2. The van der Waals surface area contributed by atoms with Crippen LogP contribution in [0.3, 0.4) is 0 Å². The van der Waals surface area contributed by atoms with Crippen LogP contribution in [-0.4, -0.2) is 59.3 Å². The van der Waals surface area contributed by atoms with E-state index in [1.807, 2.05) is 12.3 Å². The molecule has 2 saturated heterocycles. The third-order valence-electron chi connectivity index (χ3n) is 7.32. The SMILES string of the molecule is CN1CC[C@@H](N2CCCc3cc(Cl)cc(-c4ccnc5cc(CN6C(=O)CCC6=O)sc45)c32)C1. The average molecular weight is 495 g/mol. The molecule has 2 fully saturated rings. The molecule has 1 aromatic carbocycles. The number of amides is 2. The maximum Gasteiger partial charge on any atom is 0.230 e. The van der Waals surface area contributed by atoms with Gasteiger partial charge in [0.15, 0.2) is 0 Å². The Morgan fingerprint density at radius 1 is 1.09 bits per heavy atom. The topological polar surface area (TPSA) is 56.8 Å². The molecule has 0 unspecified atom stereocenters. The highest BCUT2D eigenvalue weighted by Crippen LogP contribution is 2.45. The molecule has 5 heterocycles. The number of imide groups is 1. The fourth-order valence-electron chi connectivity index (χ4n) is 5.71. The second-order valence-electron chi connectivity index (χ2n) is 9.62. The van der Waals surface area contributed by atoms with E-state index in [-0.39, 0.29) is 11.8 Å². The van der Waals surface area contributed by atoms with Crippen LogP contribution < -0.4 is 4.90 Å². The Bertz CT molecular complexity index is 1290. The van der Waals surface area contributed by atoms with Crippen LogP contribution >= 0.6 is 22.9 Å². The van der Waals surface area contributed by atoms with Gasteiger partial charge in [0, 0.05) is 64.9 Å². The number of pyridine rings is 1. The minimum Gasteiger partial charge on any atom is -0.366 e. The Morgan fingerprint density at radius 3 is 2.68 bits per heavy atom. The lowest BCUT2D eigenvalue weighted by atomic mass is 9.92. The number of likely N-dealkylation sites (tertiary alicyclic amines) is 2. The van der Waals surface area contributed by atoms with Gasteiger partial charge >= 0.3 is 0 Å². The summed E-state index contributed by atoms with van der Waals surface area (Å²) >= 11 is 8.27. The summed E-state index contributed by atoms with van der Waals surface area (Å²) in [6.07, 6.45) is 5.82. The number of halogens is 1. The van der Waals surface area contributed by atoms with Gasteiger partial charge in [-0.05, 0) is 62.7 Å². The second kappa shape index (κ2) is 8.63. The van der Waals surface area contributed by atoms with Gasteiger partial charge in [0.25, 0.3) is 0 Å². The van der Waals surface area contributed by atoms with Crippen molar-refractivity contribution >= 4 is 50.7 Å². The minimum atomic E-state index is -0.0864. The largest absolute Gasteiger partial charge is 0.366 e. The first kappa shape index (κ1) is 22.0. The fraction of sp³-hybridized carbons (Fsp3) is 0.423. The number of nitrogens with zero attached hydrogens (tertiary/aromatic N) is 4. The smallest absolute Gasteiger partial charge is 0.230 e. The highest BCUT2D eigenvalue weighted by molar-refractivity contribution is 7.19. The van der Waals surface area contributed by atoms with E-state index in [1.54, 1.807) is 11.3 Å². The van der Waals surface area contributed by atoms with E-state index in [9.17, 15) is 9.59 Å². The lowest BCUT2D eigenvalue weighted by Gasteiger charge is -2.38. The predicted octanol–water partition coefficient (Wildman–Crippen LogP) is 4.72. The van der Waals surface area contributed by atoms with E-state index in [4.69, 9.17) is 11.6 Å². The van der Waals surface area contributed by atoms with E-state index < -0.39 is 0 Å². The second-order valence-corrected chi connectivity index (χ2v) is 11.2. The first-order chi connectivity index (χ1) is 16.5. The van der Waals surface area contributed by atoms with Crippen LogP contribution in [0.4, 0.5) is 5.69 Å². The molecule has 3 aromatic rings. The van der Waals surface area contributed by atoms with Crippen molar-refractivity contribution in [3.63, 3.8) is 0 Å². The van der Waals surface area contributed by atoms with Crippen molar-refractivity contribution in [1.82, 2.24) is 14.8 Å². The van der Waals surface area contributed by atoms with Crippen LogP contribution in [-0.2, 0) is 22.6 Å². The molecule has 0 aliphatic carbocycles. The van der Waals surface area contributed by atoms with E-state index in [1.165, 1.54) is 22.6 Å². The molecule has 0 spiro atoms. The molecule has 6 rings (SSSR count). The van der Waals surface area contributed by atoms with Crippen molar-refractivity contribution in [3.8, 4) is 11.1 Å². The van der Waals surface area contributed by atoms with Crippen LogP contribution in [0.25, 0.3) is 21.3 Å². The zero-order chi connectivity index (χ0) is 23.4. The van der Waals surface area contributed by atoms with Crippen LogP contribution in [0, 0.1) is 0 Å². The van der Waals surface area contributed by atoms with Gasteiger partial charge in [-0.1, -0.05) is 11.6 Å². The van der Waals surface area contributed by atoms with Crippen LogP contribution in [0.15, 0.2) is 30.5 Å². The molecule has 3 aliphatic heterocycles. The molecule has 6 nitrogen and oxygen atoms in total. The van der Waals surface area contributed by atoms with Gasteiger partial charge in [-0.2, -0.15) is 0 Å². The molecule has 8 heteroatoms. The van der Waals surface area contributed by atoms with E-state index in [2.05, 4.69) is 40.0 Å². The van der Waals surface area contributed by atoms with Crippen molar-refractivity contribution in [1.29, 1.82) is 0 Å². The molecule has 1 atom stereocenters. The summed E-state index contributed by atoms with van der Waals surface area (Å²) in [4.78, 5) is 36.3. The van der Waals surface area contributed by atoms with Crippen molar-refractivity contribution in [3.05, 3.63) is 45.9 Å². The van der Waals surface area contributed by atoms with Crippen molar-refractivity contribution in [2.75, 3.05) is 31.6 Å². The number of carbonyl (C=O) groups excluding carboxylic acids is 2. The molecule has 0 saturated carbocycles. The first-order valence-electron chi connectivity index (χ1n) is 12.0. The Labute approximate surface area is 208 Å². The number of hydrogen-bond donors (Lipinski definition) is 0. The number of aromatic nitrogens is 1. The Morgan fingerprint density at radius 2 is 1.91 bits per heavy atom. The molecule has 0 N–H and O–H groups in total. The number of fused-ring (bicyclic) bond motifs is 2. The van der Waals surface area contributed by atoms with Crippen molar-refractivity contribution in [2.45, 2.75) is 44.7 Å². The van der Waals surface area contributed by atoms with Crippen LogP contribution in [0.5, 0.6) is 0 Å². The highest BCUT2D eigenvalue weighted by Gasteiger charge is 2.32. The Balaban J connectivity index is 1.45. The molecule has 0 bridgehead atoms. The van der Waals surface area contributed by atoms with Crippen LogP contribution in [0.2, 0.25) is 5.02 Å². The van der Waals surface area contributed by atoms with E-state index in [0.29, 0.717) is 25.4 Å². The van der Waals surface area contributed by atoms with Gasteiger partial charge in [0.2, 0.25) is 11.8 Å². The zero-order valence-electron chi connectivity index (χ0n) is 19.2. The number of hydrogen-bond acceptors (Lipinski definition) is 6. The third kappa shape index (κ3) is 3.80. The van der Waals surface area contributed by atoms with Gasteiger partial charge in [-0.15, -0.1) is 11.3 Å². The zero-order valence-corrected chi connectivity index (χ0v) is 20.8. The van der Waals surface area contributed by atoms with Gasteiger partial charge in [-0.25, -0.2) is 0 Å². The molecular weight excluding hydrogens is 468 g/mol. The van der Waals surface area contributed by atoms with E-state index in [0.717, 1.165) is 63.7 Å². The number of anilines is 1. The molecule has 0 radical (unpaired) electrons. The molecule has 34 heavy (non-hydrogen) atoms. The maximum absolute atomic E-state index is 12.1. The molecule has 3 aliphatic rings. The summed E-state index contributed by atoms with van der Waals surface area (Å²) in [5, 5.41) is 0.758. The molecule has 176 valence electrons. The first-order valence-corrected chi connectivity index (χ1v) is 13.2. The summed E-state index contributed by atoms with van der Waals surface area (Å²) in [6.45, 7) is 3.59. The molecular formula is C26H27ClN4O2S. The van der Waals surface area contributed by atoms with Gasteiger partial charge in [0.05, 0.1) is 16.8 Å². The summed E-state index contributed by atoms with van der Waals surface area (Å²) in [5.74, 6) is -0.173. The number of benzene rings is 1. The standard InChI is InChI=1S/C26H27ClN4O2S/c1-29-10-7-18(14-29)30-9-2-3-16-11-17(27)12-21(25(16)30)20-6-8-28-22-13-19(34-26(20)22)15-31-23(32)4-5-24(31)33/h6,8,11-13,18H,2-5,7,9-10,14-15H2,1H3/t18-/m1/s1. The predicted molar refractivity (Wildman–Crippen MR) is 136 cm³/mol. The quantitative estimate of drug-likeness (QED) is 0.491. The summed E-state index contributed by atoms with van der Waals surface area (Å²) < 4.78 is 1.08. The summed E-state index contributed by atoms with van der Waals surface area (Å²) in [6, 6.07) is 8.83. The number of thiophene rings is 1. The van der Waals surface area contributed by atoms with Gasteiger partial charge < -0.3 is 9.80 Å². The highest BCUT2D eigenvalue weighted by atomic mass is 35.5. The lowest BCUT2D eigenvalue weighted by molar-refractivity contribution is -0.138. The third-order valence-corrected chi connectivity index (χ3v) is 8.68. The van der Waals surface area contributed by atoms with E-state index >= 15 is 0 Å². The monoisotopic (exact) mass is 494 g/mol. The van der Waals surface area contributed by atoms with Gasteiger partial charge in [0.1, 0.15) is 0 Å². The maximum atomic E-state index is 12.1. The number of aryl methyl sites for hydroxylation is 1. The Hall–Kier alpha value is -2.48. The summed E-state index contributed by atoms with van der Waals surface area (Å²) in [5.41, 5.74) is 5.80. The number of rotatable bonds is 4. The lowest BCUT2D eigenvalue weighted by Crippen LogP contribution is -2.41. The van der Waals surface area contributed by atoms with Crippen molar-refractivity contribution in [2.24, 2.45) is 0 Å². The Kier molecular flexibility index (Phi) is 5.59. The molecule has 2 amide bonds. The van der Waals surface area contributed by atoms with Crippen LogP contribution in [0.1, 0.15) is 36.1 Å². The average Bonchev–Trinajstić information content (AvgIpc) is 3.52. The fourth-order valence-corrected chi connectivity index (χ4v) is 7.08. The number of likely N-dealkylation sites (N-methyl/N-ethyl adjacent to an activating group) is 1. The molecule has 2 aromatic heterocycles. The van der Waals surface area contributed by atoms with Gasteiger partial charge in [-0.3, -0.25) is 19.5 Å². The summed E-state index contributed by atoms with van der Waals surface area (Å²) in [7, 11) is 2.20.